The maximum absolute atomic E-state index is 12.3. The second-order valence-electron chi connectivity index (χ2n) is 6.90. The lowest BCUT2D eigenvalue weighted by atomic mass is 10.1. The van der Waals surface area contributed by atoms with Crippen LogP contribution < -0.4 is 10.9 Å². The van der Waals surface area contributed by atoms with Crippen molar-refractivity contribution in [3.8, 4) is 0 Å². The van der Waals surface area contributed by atoms with Crippen LogP contribution in [0.5, 0.6) is 0 Å². The molecule has 0 spiro atoms. The lowest BCUT2D eigenvalue weighted by Crippen LogP contribution is -2.36. The Hall–Kier alpha value is -2.63. The van der Waals surface area contributed by atoms with E-state index >= 15 is 0 Å². The van der Waals surface area contributed by atoms with Crippen LogP contribution in [0.15, 0.2) is 27.4 Å². The zero-order valence-corrected chi connectivity index (χ0v) is 15.3. The Morgan fingerprint density at radius 1 is 1.15 bits per heavy atom. The minimum atomic E-state index is -0.376. The van der Waals surface area contributed by atoms with E-state index < -0.39 is 0 Å². The summed E-state index contributed by atoms with van der Waals surface area (Å²) < 4.78 is 5.22. The number of hydrogen-bond donors (Lipinski definition) is 1. The number of hydrogen-bond acceptors (Lipinski definition) is 4. The Morgan fingerprint density at radius 3 is 2.73 bits per heavy atom. The first kappa shape index (κ1) is 18.2. The monoisotopic (exact) mass is 356 g/mol. The lowest BCUT2D eigenvalue weighted by Gasteiger charge is -2.26. The summed E-state index contributed by atoms with van der Waals surface area (Å²) in [6.07, 6.45) is 3.65. The van der Waals surface area contributed by atoms with Gasteiger partial charge in [-0.25, -0.2) is 4.79 Å². The van der Waals surface area contributed by atoms with Crippen LogP contribution in [0.25, 0.3) is 11.0 Å². The van der Waals surface area contributed by atoms with Crippen LogP contribution in [0.1, 0.15) is 43.2 Å². The molecule has 1 saturated heterocycles. The van der Waals surface area contributed by atoms with Crippen LogP contribution in [0.3, 0.4) is 0 Å². The molecule has 0 saturated carbocycles. The van der Waals surface area contributed by atoms with Gasteiger partial charge in [-0.15, -0.1) is 0 Å². The Bertz CT molecular complexity index is 901. The van der Waals surface area contributed by atoms with E-state index in [4.69, 9.17) is 4.42 Å². The molecule has 2 aromatic rings. The maximum Gasteiger partial charge on any atom is 0.336 e. The number of nitrogens with zero attached hydrogens (tertiary/aromatic N) is 1. The number of fused-ring (bicyclic) bond motifs is 1. The fourth-order valence-electron chi connectivity index (χ4n) is 3.34. The third-order valence-corrected chi connectivity index (χ3v) is 4.82. The van der Waals surface area contributed by atoms with Gasteiger partial charge in [0, 0.05) is 43.1 Å². The predicted octanol–water partition coefficient (Wildman–Crippen LogP) is 3.14. The van der Waals surface area contributed by atoms with Crippen LogP contribution in [-0.4, -0.2) is 29.8 Å². The molecule has 1 aliphatic heterocycles. The van der Waals surface area contributed by atoms with E-state index in [9.17, 15) is 14.4 Å². The maximum atomic E-state index is 12.3. The lowest BCUT2D eigenvalue weighted by molar-refractivity contribution is -0.133. The number of amides is 2. The second kappa shape index (κ2) is 7.72. The molecular formula is C20H24N2O4. The van der Waals surface area contributed by atoms with Gasteiger partial charge >= 0.3 is 5.63 Å². The van der Waals surface area contributed by atoms with Crippen molar-refractivity contribution in [2.24, 2.45) is 0 Å². The molecule has 138 valence electrons. The Morgan fingerprint density at radius 2 is 1.96 bits per heavy atom. The largest absolute Gasteiger partial charge is 0.423 e. The molecular weight excluding hydrogens is 332 g/mol. The third kappa shape index (κ3) is 4.12. The Kier molecular flexibility index (Phi) is 5.40. The highest BCUT2D eigenvalue weighted by Crippen LogP contribution is 2.25. The zero-order valence-electron chi connectivity index (χ0n) is 15.3. The van der Waals surface area contributed by atoms with Gasteiger partial charge in [0.05, 0.1) is 0 Å². The molecule has 6 nitrogen and oxygen atoms in total. The molecule has 1 fully saturated rings. The number of rotatable bonds is 5. The molecule has 1 aromatic heterocycles. The molecule has 6 heteroatoms. The zero-order chi connectivity index (χ0) is 18.7. The number of carbonyl (C=O) groups excluding carboxylic acids is 2. The minimum Gasteiger partial charge on any atom is -0.423 e. The van der Waals surface area contributed by atoms with Crippen molar-refractivity contribution < 1.29 is 14.0 Å². The number of nitrogens with one attached hydrogen (secondary N) is 1. The van der Waals surface area contributed by atoms with Gasteiger partial charge in [-0.05, 0) is 56.4 Å². The van der Waals surface area contributed by atoms with Crippen molar-refractivity contribution in [2.75, 3.05) is 18.4 Å². The smallest absolute Gasteiger partial charge is 0.336 e. The van der Waals surface area contributed by atoms with E-state index in [0.29, 0.717) is 37.1 Å². The molecule has 2 heterocycles. The number of likely N-dealkylation sites (tertiary alicyclic amines) is 1. The Labute approximate surface area is 152 Å². The van der Waals surface area contributed by atoms with Gasteiger partial charge in [0.2, 0.25) is 11.8 Å². The van der Waals surface area contributed by atoms with Crippen molar-refractivity contribution in [3.05, 3.63) is 39.7 Å². The van der Waals surface area contributed by atoms with Gasteiger partial charge in [-0.2, -0.15) is 0 Å². The predicted molar refractivity (Wildman–Crippen MR) is 100 cm³/mol. The van der Waals surface area contributed by atoms with Gasteiger partial charge in [-0.1, -0.05) is 0 Å². The van der Waals surface area contributed by atoms with Crippen molar-refractivity contribution in [3.63, 3.8) is 0 Å². The highest BCUT2D eigenvalue weighted by atomic mass is 16.4. The summed E-state index contributed by atoms with van der Waals surface area (Å²) in [5.41, 5.74) is 2.52. The molecule has 1 aromatic carbocycles. The van der Waals surface area contributed by atoms with Crippen molar-refractivity contribution >= 4 is 28.5 Å². The van der Waals surface area contributed by atoms with E-state index in [0.717, 1.165) is 35.9 Å². The van der Waals surface area contributed by atoms with Crippen LogP contribution in [0.2, 0.25) is 0 Å². The molecule has 1 aliphatic rings. The summed E-state index contributed by atoms with van der Waals surface area (Å²) in [5.74, 6) is 0.117. The molecule has 3 rings (SSSR count). The molecule has 2 amide bonds. The average Bonchev–Trinajstić information content (AvgIpc) is 2.58. The van der Waals surface area contributed by atoms with Gasteiger partial charge < -0.3 is 14.6 Å². The summed E-state index contributed by atoms with van der Waals surface area (Å²) in [6, 6.07) is 5.06. The number of benzene rings is 1. The first-order valence-corrected chi connectivity index (χ1v) is 9.07. The number of piperidine rings is 1. The molecule has 26 heavy (non-hydrogen) atoms. The first-order valence-electron chi connectivity index (χ1n) is 9.07. The second-order valence-corrected chi connectivity index (χ2v) is 6.90. The van der Waals surface area contributed by atoms with E-state index in [2.05, 4.69) is 5.32 Å². The summed E-state index contributed by atoms with van der Waals surface area (Å²) in [6.45, 7) is 5.14. The van der Waals surface area contributed by atoms with Gasteiger partial charge in [0.1, 0.15) is 5.58 Å². The van der Waals surface area contributed by atoms with Gasteiger partial charge in [0.15, 0.2) is 0 Å². The minimum absolute atomic E-state index is 0.0769. The highest BCUT2D eigenvalue weighted by molar-refractivity contribution is 5.95. The standard InChI is InChI=1S/C20H24N2O4/c1-13-11-20(25)26-17-10-14(2)16(12-15(13)17)21-18(23)6-5-9-22-8-4-3-7-19(22)24/h10-12H,3-9H2,1-2H3,(H,21,23). The third-order valence-electron chi connectivity index (χ3n) is 4.82. The quantitative estimate of drug-likeness (QED) is 0.835. The van der Waals surface area contributed by atoms with E-state index in [-0.39, 0.29) is 17.4 Å². The number of anilines is 1. The van der Waals surface area contributed by atoms with Crippen molar-refractivity contribution in [1.29, 1.82) is 0 Å². The molecule has 1 N–H and O–H groups in total. The van der Waals surface area contributed by atoms with Gasteiger partial charge in [-0.3, -0.25) is 9.59 Å². The van der Waals surface area contributed by atoms with Crippen LogP contribution in [-0.2, 0) is 9.59 Å². The fourth-order valence-corrected chi connectivity index (χ4v) is 3.34. The van der Waals surface area contributed by atoms with Gasteiger partial charge in [0.25, 0.3) is 0 Å². The summed E-state index contributed by atoms with van der Waals surface area (Å²) in [7, 11) is 0. The Balaban J connectivity index is 1.62. The first-order chi connectivity index (χ1) is 12.4. The molecule has 0 radical (unpaired) electrons. The normalized spacial score (nSPS) is 14.7. The fraction of sp³-hybridized carbons (Fsp3) is 0.450. The van der Waals surface area contributed by atoms with E-state index in [1.54, 1.807) is 6.07 Å². The molecule has 0 atom stereocenters. The summed E-state index contributed by atoms with van der Waals surface area (Å²) >= 11 is 0. The topological polar surface area (TPSA) is 79.6 Å². The van der Waals surface area contributed by atoms with Crippen LogP contribution >= 0.6 is 0 Å². The highest BCUT2D eigenvalue weighted by Gasteiger charge is 2.17. The van der Waals surface area contributed by atoms with Crippen molar-refractivity contribution in [1.82, 2.24) is 4.90 Å². The van der Waals surface area contributed by atoms with Crippen LogP contribution in [0.4, 0.5) is 5.69 Å². The average molecular weight is 356 g/mol. The molecule has 0 unspecified atom stereocenters. The number of carbonyl (C=O) groups is 2. The SMILES string of the molecule is Cc1cc2oc(=O)cc(C)c2cc1NC(=O)CCCN1CCCCC1=O. The summed E-state index contributed by atoms with van der Waals surface area (Å²) in [5, 5.41) is 3.74. The van der Waals surface area contributed by atoms with E-state index in [1.165, 1.54) is 6.07 Å². The van der Waals surface area contributed by atoms with E-state index in [1.807, 2.05) is 24.8 Å². The summed E-state index contributed by atoms with van der Waals surface area (Å²) in [4.78, 5) is 37.4. The molecule has 0 aliphatic carbocycles. The van der Waals surface area contributed by atoms with Crippen LogP contribution in [0, 0.1) is 13.8 Å². The number of aryl methyl sites for hydroxylation is 2. The molecule has 0 bridgehead atoms. The van der Waals surface area contributed by atoms with Crippen molar-refractivity contribution in [2.45, 2.75) is 46.0 Å².